The van der Waals surface area contributed by atoms with Gasteiger partial charge in [0.25, 0.3) is 0 Å². The van der Waals surface area contributed by atoms with Crippen LogP contribution in [0, 0.1) is 17.5 Å². The Morgan fingerprint density at radius 2 is 1.83 bits per heavy atom. The predicted octanol–water partition coefficient (Wildman–Crippen LogP) is 3.20. The van der Waals surface area contributed by atoms with Gasteiger partial charge in [0.2, 0.25) is 0 Å². The van der Waals surface area contributed by atoms with Gasteiger partial charge in [-0.25, -0.2) is 18.0 Å². The largest absolute Gasteiger partial charge is 0.387 e. The predicted molar refractivity (Wildman–Crippen MR) is 82.7 cm³/mol. The number of aliphatic hydroxyl groups is 1. The third-order valence-corrected chi connectivity index (χ3v) is 3.48. The summed E-state index contributed by atoms with van der Waals surface area (Å²) in [5, 5.41) is 14.9. The Morgan fingerprint density at radius 1 is 1.08 bits per heavy atom. The number of hydrogen-bond donors (Lipinski definition) is 3. The molecule has 2 atom stereocenters. The maximum atomic E-state index is 13.2. The van der Waals surface area contributed by atoms with Crippen LogP contribution < -0.4 is 10.6 Å². The van der Waals surface area contributed by atoms with Gasteiger partial charge in [-0.05, 0) is 42.3 Å². The number of aliphatic hydroxyl groups excluding tert-OH is 1. The number of hydrogen-bond acceptors (Lipinski definition) is 2. The van der Waals surface area contributed by atoms with Gasteiger partial charge in [-0.3, -0.25) is 0 Å². The van der Waals surface area contributed by atoms with Crippen LogP contribution >= 0.6 is 0 Å². The normalized spacial score (nSPS) is 13.2. The Kier molecular flexibility index (Phi) is 5.81. The SMILES string of the molecule is CC(NC(=O)NCC(O)c1cccc(F)c1)c1ccc(F)c(F)c1. The van der Waals surface area contributed by atoms with Crippen LogP contribution in [0.5, 0.6) is 0 Å². The molecule has 2 unspecified atom stereocenters. The standard InChI is InChI=1S/C17H17F3N2O2/c1-10(11-5-6-14(19)15(20)8-11)22-17(24)21-9-16(23)12-3-2-4-13(18)7-12/h2-8,10,16,23H,9H2,1H3,(H2,21,22,24). The molecule has 0 aliphatic carbocycles. The molecule has 0 aromatic heterocycles. The molecule has 2 aromatic rings. The van der Waals surface area contributed by atoms with Gasteiger partial charge in [0.15, 0.2) is 11.6 Å². The van der Waals surface area contributed by atoms with Gasteiger partial charge in [-0.2, -0.15) is 0 Å². The Balaban J connectivity index is 1.87. The summed E-state index contributed by atoms with van der Waals surface area (Å²) in [4.78, 5) is 11.8. The van der Waals surface area contributed by atoms with Crippen LogP contribution in [0.2, 0.25) is 0 Å². The van der Waals surface area contributed by atoms with Gasteiger partial charge in [-0.1, -0.05) is 18.2 Å². The summed E-state index contributed by atoms with van der Waals surface area (Å²) in [5.41, 5.74) is 0.735. The van der Waals surface area contributed by atoms with Crippen LogP contribution in [0.25, 0.3) is 0 Å². The second-order valence-corrected chi connectivity index (χ2v) is 5.32. The quantitative estimate of drug-likeness (QED) is 0.784. The summed E-state index contributed by atoms with van der Waals surface area (Å²) in [7, 11) is 0. The molecule has 24 heavy (non-hydrogen) atoms. The van der Waals surface area contributed by atoms with E-state index in [0.717, 1.165) is 12.1 Å². The van der Waals surface area contributed by atoms with E-state index in [1.54, 1.807) is 6.92 Å². The molecule has 0 aliphatic rings. The van der Waals surface area contributed by atoms with E-state index in [9.17, 15) is 23.1 Å². The zero-order valence-electron chi connectivity index (χ0n) is 12.9. The summed E-state index contributed by atoms with van der Waals surface area (Å²) >= 11 is 0. The molecule has 0 heterocycles. The molecular formula is C17H17F3N2O2. The van der Waals surface area contributed by atoms with Crippen molar-refractivity contribution in [2.75, 3.05) is 6.54 Å². The first-order chi connectivity index (χ1) is 11.4. The molecular weight excluding hydrogens is 321 g/mol. The molecule has 3 N–H and O–H groups in total. The van der Waals surface area contributed by atoms with Crippen molar-refractivity contribution in [3.05, 3.63) is 71.0 Å². The average molecular weight is 338 g/mol. The lowest BCUT2D eigenvalue weighted by atomic mass is 10.1. The molecule has 7 heteroatoms. The number of amides is 2. The molecule has 0 bridgehead atoms. The first kappa shape index (κ1) is 17.8. The fraction of sp³-hybridized carbons (Fsp3) is 0.235. The van der Waals surface area contributed by atoms with Crippen LogP contribution in [0.15, 0.2) is 42.5 Å². The highest BCUT2D eigenvalue weighted by molar-refractivity contribution is 5.74. The average Bonchev–Trinajstić information content (AvgIpc) is 2.55. The van der Waals surface area contributed by atoms with E-state index in [4.69, 9.17) is 0 Å². The van der Waals surface area contributed by atoms with Gasteiger partial charge >= 0.3 is 6.03 Å². The van der Waals surface area contributed by atoms with Crippen molar-refractivity contribution < 1.29 is 23.1 Å². The first-order valence-corrected chi connectivity index (χ1v) is 7.29. The van der Waals surface area contributed by atoms with Crippen LogP contribution in [0.1, 0.15) is 30.2 Å². The summed E-state index contributed by atoms with van der Waals surface area (Å²) < 4.78 is 39.2. The minimum atomic E-state index is -1.06. The van der Waals surface area contributed by atoms with Crippen molar-refractivity contribution in [3.8, 4) is 0 Å². The highest BCUT2D eigenvalue weighted by Crippen LogP contribution is 2.16. The van der Waals surface area contributed by atoms with Crippen molar-refractivity contribution in [3.63, 3.8) is 0 Å². The van der Waals surface area contributed by atoms with Crippen molar-refractivity contribution in [1.82, 2.24) is 10.6 Å². The van der Waals surface area contributed by atoms with Crippen LogP contribution in [0.3, 0.4) is 0 Å². The molecule has 2 amide bonds. The number of carbonyl (C=O) groups is 1. The van der Waals surface area contributed by atoms with E-state index in [1.807, 2.05) is 0 Å². The van der Waals surface area contributed by atoms with Gasteiger partial charge < -0.3 is 15.7 Å². The smallest absolute Gasteiger partial charge is 0.315 e. The molecule has 4 nitrogen and oxygen atoms in total. The van der Waals surface area contributed by atoms with Crippen molar-refractivity contribution in [1.29, 1.82) is 0 Å². The summed E-state index contributed by atoms with van der Waals surface area (Å²) in [5.74, 6) is -2.44. The molecule has 2 aromatic carbocycles. The second-order valence-electron chi connectivity index (χ2n) is 5.32. The van der Waals surface area contributed by atoms with E-state index < -0.39 is 35.6 Å². The van der Waals surface area contributed by atoms with E-state index in [-0.39, 0.29) is 6.54 Å². The van der Waals surface area contributed by atoms with Crippen molar-refractivity contribution >= 4 is 6.03 Å². The third-order valence-electron chi connectivity index (χ3n) is 3.48. The van der Waals surface area contributed by atoms with Crippen LogP contribution in [-0.4, -0.2) is 17.7 Å². The number of carbonyl (C=O) groups excluding carboxylic acids is 1. The zero-order valence-corrected chi connectivity index (χ0v) is 12.9. The van der Waals surface area contributed by atoms with E-state index in [0.29, 0.717) is 11.1 Å². The summed E-state index contributed by atoms with van der Waals surface area (Å²) in [6, 6.07) is 7.61. The van der Waals surface area contributed by atoms with Gasteiger partial charge in [-0.15, -0.1) is 0 Å². The topological polar surface area (TPSA) is 61.4 Å². The van der Waals surface area contributed by atoms with Gasteiger partial charge in [0.05, 0.1) is 12.1 Å². The molecule has 0 saturated carbocycles. The Morgan fingerprint density at radius 3 is 2.50 bits per heavy atom. The van der Waals surface area contributed by atoms with Crippen molar-refractivity contribution in [2.24, 2.45) is 0 Å². The number of rotatable bonds is 5. The number of halogens is 3. The molecule has 0 radical (unpaired) electrons. The second kappa shape index (κ2) is 7.83. The fourth-order valence-electron chi connectivity index (χ4n) is 2.13. The zero-order chi connectivity index (χ0) is 17.7. The van der Waals surface area contributed by atoms with Crippen LogP contribution in [-0.2, 0) is 0 Å². The minimum Gasteiger partial charge on any atom is -0.387 e. The fourth-order valence-corrected chi connectivity index (χ4v) is 2.13. The number of urea groups is 1. The van der Waals surface area contributed by atoms with E-state index in [2.05, 4.69) is 10.6 Å². The molecule has 0 aliphatic heterocycles. The van der Waals surface area contributed by atoms with Gasteiger partial charge in [0.1, 0.15) is 5.82 Å². The lowest BCUT2D eigenvalue weighted by Crippen LogP contribution is -2.39. The summed E-state index contributed by atoms with van der Waals surface area (Å²) in [6.07, 6.45) is -1.06. The lowest BCUT2D eigenvalue weighted by Gasteiger charge is -2.17. The molecule has 0 spiro atoms. The highest BCUT2D eigenvalue weighted by Gasteiger charge is 2.14. The highest BCUT2D eigenvalue weighted by atomic mass is 19.2. The van der Waals surface area contributed by atoms with E-state index >= 15 is 0 Å². The maximum Gasteiger partial charge on any atom is 0.315 e. The lowest BCUT2D eigenvalue weighted by molar-refractivity contribution is 0.172. The molecule has 0 fully saturated rings. The monoisotopic (exact) mass is 338 g/mol. The third kappa shape index (κ3) is 4.73. The van der Waals surface area contributed by atoms with E-state index in [1.165, 1.54) is 30.3 Å². The Labute approximate surface area is 137 Å². The van der Waals surface area contributed by atoms with Crippen LogP contribution in [0.4, 0.5) is 18.0 Å². The van der Waals surface area contributed by atoms with Gasteiger partial charge in [0, 0.05) is 6.54 Å². The molecule has 128 valence electrons. The Hall–Kier alpha value is -2.54. The molecule has 2 rings (SSSR count). The number of benzene rings is 2. The Bertz CT molecular complexity index is 725. The molecule has 0 saturated heterocycles. The number of nitrogens with one attached hydrogen (secondary N) is 2. The summed E-state index contributed by atoms with van der Waals surface area (Å²) in [6.45, 7) is 1.48. The maximum absolute atomic E-state index is 13.2. The minimum absolute atomic E-state index is 0.125. The first-order valence-electron chi connectivity index (χ1n) is 7.29. The van der Waals surface area contributed by atoms with Crippen molar-refractivity contribution in [2.45, 2.75) is 19.1 Å².